The Hall–Kier alpha value is -0.710. The van der Waals surface area contributed by atoms with E-state index >= 15 is 0 Å². The van der Waals surface area contributed by atoms with Gasteiger partial charge in [-0.3, -0.25) is 9.69 Å². The average Bonchev–Trinajstić information content (AvgIpc) is 2.40. The van der Waals surface area contributed by atoms with Gasteiger partial charge in [0, 0.05) is 6.42 Å². The SMILES string of the molecule is NC(=O)[C@]12CCCN1CC(F)(F)C2. The maximum absolute atomic E-state index is 13.0. The second-order valence-corrected chi connectivity index (χ2v) is 3.95. The maximum atomic E-state index is 13.0. The van der Waals surface area contributed by atoms with Crippen molar-refractivity contribution in [2.45, 2.75) is 30.7 Å². The Kier molecular flexibility index (Phi) is 1.64. The van der Waals surface area contributed by atoms with Gasteiger partial charge >= 0.3 is 0 Å². The monoisotopic (exact) mass is 190 g/mol. The molecule has 13 heavy (non-hydrogen) atoms. The van der Waals surface area contributed by atoms with Crippen molar-refractivity contribution in [3.63, 3.8) is 0 Å². The normalized spacial score (nSPS) is 37.7. The van der Waals surface area contributed by atoms with E-state index in [1.54, 1.807) is 0 Å². The minimum atomic E-state index is -2.74. The van der Waals surface area contributed by atoms with Crippen molar-refractivity contribution in [3.05, 3.63) is 0 Å². The zero-order valence-corrected chi connectivity index (χ0v) is 7.22. The highest BCUT2D eigenvalue weighted by molar-refractivity contribution is 5.85. The molecule has 2 heterocycles. The molecule has 0 spiro atoms. The lowest BCUT2D eigenvalue weighted by Crippen LogP contribution is -2.49. The van der Waals surface area contributed by atoms with Crippen LogP contribution in [-0.2, 0) is 4.79 Å². The Morgan fingerprint density at radius 2 is 2.15 bits per heavy atom. The van der Waals surface area contributed by atoms with Crippen LogP contribution in [0.1, 0.15) is 19.3 Å². The van der Waals surface area contributed by atoms with Gasteiger partial charge in [0.1, 0.15) is 5.54 Å². The van der Waals surface area contributed by atoms with E-state index in [9.17, 15) is 13.6 Å². The van der Waals surface area contributed by atoms with E-state index in [0.717, 1.165) is 6.42 Å². The molecule has 1 amide bonds. The minimum absolute atomic E-state index is 0.310. The number of fused-ring (bicyclic) bond motifs is 1. The quantitative estimate of drug-likeness (QED) is 0.648. The van der Waals surface area contributed by atoms with Crippen molar-refractivity contribution in [3.8, 4) is 0 Å². The van der Waals surface area contributed by atoms with Crippen molar-refractivity contribution >= 4 is 5.91 Å². The molecule has 2 rings (SSSR count). The zero-order valence-electron chi connectivity index (χ0n) is 7.22. The Morgan fingerprint density at radius 3 is 2.69 bits per heavy atom. The van der Waals surface area contributed by atoms with Crippen LogP contribution < -0.4 is 5.73 Å². The first kappa shape index (κ1) is 8.87. The summed E-state index contributed by atoms with van der Waals surface area (Å²) in [4.78, 5) is 12.7. The molecule has 0 aromatic carbocycles. The fourth-order valence-electron chi connectivity index (χ4n) is 2.49. The molecule has 74 valence electrons. The molecule has 0 unspecified atom stereocenters. The highest BCUT2D eigenvalue weighted by atomic mass is 19.3. The number of hydrogen-bond donors (Lipinski definition) is 1. The van der Waals surface area contributed by atoms with Gasteiger partial charge in [0.05, 0.1) is 6.54 Å². The zero-order chi connectivity index (χ0) is 9.69. The molecule has 0 aromatic heterocycles. The van der Waals surface area contributed by atoms with Crippen LogP contribution in [0.5, 0.6) is 0 Å². The molecule has 5 heteroatoms. The minimum Gasteiger partial charge on any atom is -0.368 e. The number of nitrogens with zero attached hydrogens (tertiary/aromatic N) is 1. The third kappa shape index (κ3) is 1.14. The number of carbonyl (C=O) groups excluding carboxylic acids is 1. The van der Waals surface area contributed by atoms with Crippen molar-refractivity contribution in [1.29, 1.82) is 0 Å². The summed E-state index contributed by atoms with van der Waals surface area (Å²) in [5, 5.41) is 0. The molecular formula is C8H12F2N2O. The molecule has 0 aliphatic carbocycles. The number of hydrogen-bond acceptors (Lipinski definition) is 2. The number of alkyl halides is 2. The predicted molar refractivity (Wildman–Crippen MR) is 42.3 cm³/mol. The number of carbonyl (C=O) groups is 1. The highest BCUT2D eigenvalue weighted by Crippen LogP contribution is 2.45. The fourth-order valence-corrected chi connectivity index (χ4v) is 2.49. The number of amides is 1. The number of rotatable bonds is 1. The van der Waals surface area contributed by atoms with Gasteiger partial charge in [0.2, 0.25) is 5.91 Å². The van der Waals surface area contributed by atoms with E-state index in [2.05, 4.69) is 0 Å². The van der Waals surface area contributed by atoms with Crippen LogP contribution in [0.25, 0.3) is 0 Å². The van der Waals surface area contributed by atoms with E-state index < -0.39 is 23.8 Å². The fraction of sp³-hybridized carbons (Fsp3) is 0.875. The van der Waals surface area contributed by atoms with Crippen LogP contribution >= 0.6 is 0 Å². The molecule has 2 saturated heterocycles. The summed E-state index contributed by atoms with van der Waals surface area (Å²) in [7, 11) is 0. The summed E-state index contributed by atoms with van der Waals surface area (Å²) >= 11 is 0. The van der Waals surface area contributed by atoms with Gasteiger partial charge in [0.15, 0.2) is 0 Å². The van der Waals surface area contributed by atoms with Crippen LogP contribution in [0.3, 0.4) is 0 Å². The second kappa shape index (κ2) is 2.41. The molecule has 0 aromatic rings. The summed E-state index contributed by atoms with van der Waals surface area (Å²) < 4.78 is 26.0. The topological polar surface area (TPSA) is 46.3 Å². The molecule has 2 fully saturated rings. The van der Waals surface area contributed by atoms with E-state index in [1.807, 2.05) is 0 Å². The highest BCUT2D eigenvalue weighted by Gasteiger charge is 2.59. The van der Waals surface area contributed by atoms with Gasteiger partial charge < -0.3 is 5.73 Å². The summed E-state index contributed by atoms with van der Waals surface area (Å²) in [5.74, 6) is -3.34. The van der Waals surface area contributed by atoms with E-state index in [1.165, 1.54) is 4.90 Å². The second-order valence-electron chi connectivity index (χ2n) is 3.95. The van der Waals surface area contributed by atoms with Crippen LogP contribution in [0.2, 0.25) is 0 Å². The third-order valence-corrected chi connectivity index (χ3v) is 3.06. The first-order valence-electron chi connectivity index (χ1n) is 4.39. The van der Waals surface area contributed by atoms with Crippen molar-refractivity contribution in [1.82, 2.24) is 4.90 Å². The lowest BCUT2D eigenvalue weighted by atomic mass is 9.92. The first-order valence-corrected chi connectivity index (χ1v) is 4.39. The van der Waals surface area contributed by atoms with E-state index in [0.29, 0.717) is 13.0 Å². The molecule has 0 bridgehead atoms. The summed E-state index contributed by atoms with van der Waals surface area (Å²) in [6, 6.07) is 0. The Balaban J connectivity index is 2.30. The molecule has 2 aliphatic heterocycles. The van der Waals surface area contributed by atoms with E-state index in [-0.39, 0.29) is 6.54 Å². The molecular weight excluding hydrogens is 178 g/mol. The lowest BCUT2D eigenvalue weighted by molar-refractivity contribution is -0.127. The molecule has 0 saturated carbocycles. The van der Waals surface area contributed by atoms with Gasteiger partial charge in [-0.1, -0.05) is 0 Å². The average molecular weight is 190 g/mol. The standard InChI is InChI=1S/C8H12F2N2O/c9-8(10)4-7(6(11)13)2-1-3-12(7)5-8/h1-5H2,(H2,11,13)/t7-/m1/s1. The van der Waals surface area contributed by atoms with Gasteiger partial charge in [-0.05, 0) is 19.4 Å². The van der Waals surface area contributed by atoms with Crippen molar-refractivity contribution in [2.24, 2.45) is 5.73 Å². The number of nitrogens with two attached hydrogens (primary N) is 1. The Bertz CT molecular complexity index is 257. The molecule has 2 N–H and O–H groups in total. The van der Waals surface area contributed by atoms with E-state index in [4.69, 9.17) is 5.73 Å². The molecule has 0 radical (unpaired) electrons. The van der Waals surface area contributed by atoms with Crippen molar-refractivity contribution < 1.29 is 13.6 Å². The molecule has 3 nitrogen and oxygen atoms in total. The lowest BCUT2D eigenvalue weighted by Gasteiger charge is -2.26. The third-order valence-electron chi connectivity index (χ3n) is 3.06. The van der Waals surface area contributed by atoms with Gasteiger partial charge in [-0.15, -0.1) is 0 Å². The smallest absolute Gasteiger partial charge is 0.262 e. The van der Waals surface area contributed by atoms with Crippen LogP contribution in [0, 0.1) is 0 Å². The van der Waals surface area contributed by atoms with Gasteiger partial charge in [-0.25, -0.2) is 8.78 Å². The predicted octanol–water partition coefficient (Wildman–Crippen LogP) is 0.345. The number of primary amides is 1. The van der Waals surface area contributed by atoms with Crippen LogP contribution in [0.4, 0.5) is 8.78 Å². The largest absolute Gasteiger partial charge is 0.368 e. The summed E-state index contributed by atoms with van der Waals surface area (Å²) in [6.07, 6.45) is 0.881. The van der Waals surface area contributed by atoms with Gasteiger partial charge in [-0.2, -0.15) is 0 Å². The first-order chi connectivity index (χ1) is 5.96. The number of halogens is 2. The van der Waals surface area contributed by atoms with Crippen molar-refractivity contribution in [2.75, 3.05) is 13.1 Å². The Morgan fingerprint density at radius 1 is 1.46 bits per heavy atom. The van der Waals surface area contributed by atoms with Crippen LogP contribution in [0.15, 0.2) is 0 Å². The van der Waals surface area contributed by atoms with Crippen LogP contribution in [-0.4, -0.2) is 35.4 Å². The molecule has 2 aliphatic rings. The van der Waals surface area contributed by atoms with Gasteiger partial charge in [0.25, 0.3) is 5.92 Å². The summed E-state index contributed by atoms with van der Waals surface area (Å²) in [6.45, 7) is 0.258. The Labute approximate surface area is 74.9 Å². The maximum Gasteiger partial charge on any atom is 0.262 e. The summed E-state index contributed by atoms with van der Waals surface area (Å²) in [5.41, 5.74) is 4.14. The molecule has 1 atom stereocenters.